The predicted molar refractivity (Wildman–Crippen MR) is 104 cm³/mol. The summed E-state index contributed by atoms with van der Waals surface area (Å²) >= 11 is 6.31. The maximum atomic E-state index is 10.1. The van der Waals surface area contributed by atoms with E-state index in [0.29, 0.717) is 24.5 Å². The highest BCUT2D eigenvalue weighted by molar-refractivity contribution is 6.31. The molecular weight excluding hydrogens is 336 g/mol. The molecule has 0 spiro atoms. The first kappa shape index (κ1) is 19.3. The Balaban J connectivity index is 2.09. The first-order chi connectivity index (χ1) is 12.0. The Morgan fingerprint density at radius 2 is 2.00 bits per heavy atom. The van der Waals surface area contributed by atoms with Gasteiger partial charge in [0.15, 0.2) is 0 Å². The van der Waals surface area contributed by atoms with Crippen molar-refractivity contribution in [1.29, 1.82) is 0 Å². The number of benzene rings is 2. The lowest BCUT2D eigenvalue weighted by atomic mass is 10.1. The first-order valence-electron chi connectivity index (χ1n) is 8.39. The van der Waals surface area contributed by atoms with Crippen molar-refractivity contribution < 1.29 is 9.84 Å². The van der Waals surface area contributed by atoms with E-state index in [9.17, 15) is 5.11 Å². The normalized spacial score (nSPS) is 12.7. The molecule has 0 fully saturated rings. The summed E-state index contributed by atoms with van der Waals surface area (Å²) in [6.45, 7) is 3.22. The van der Waals surface area contributed by atoms with Crippen molar-refractivity contribution in [3.63, 3.8) is 0 Å². The number of halogens is 1. The molecule has 0 amide bonds. The molecule has 2 aromatic carbocycles. The number of hydrogen-bond donors (Lipinski definition) is 1. The maximum absolute atomic E-state index is 10.1. The molecule has 0 aliphatic heterocycles. The molecule has 2 rings (SSSR count). The summed E-state index contributed by atoms with van der Waals surface area (Å²) in [6, 6.07) is 13.1. The van der Waals surface area contributed by atoms with E-state index in [0.717, 1.165) is 17.0 Å². The van der Waals surface area contributed by atoms with Crippen LogP contribution in [0, 0.1) is 0 Å². The molecule has 5 heteroatoms. The lowest BCUT2D eigenvalue weighted by Crippen LogP contribution is -2.23. The maximum Gasteiger partial charge on any atom is 0.128 e. The van der Waals surface area contributed by atoms with Gasteiger partial charge in [-0.1, -0.05) is 36.7 Å². The van der Waals surface area contributed by atoms with Gasteiger partial charge in [0.1, 0.15) is 11.5 Å². The van der Waals surface area contributed by atoms with Gasteiger partial charge < -0.3 is 14.7 Å². The van der Waals surface area contributed by atoms with E-state index >= 15 is 0 Å². The average molecular weight is 361 g/mol. The Hall–Kier alpha value is -2.04. The van der Waals surface area contributed by atoms with Gasteiger partial charge in [-0.3, -0.25) is 4.99 Å². The molecule has 25 heavy (non-hydrogen) atoms. The third-order valence-corrected chi connectivity index (χ3v) is 4.22. The fourth-order valence-corrected chi connectivity index (χ4v) is 2.74. The summed E-state index contributed by atoms with van der Waals surface area (Å²) in [6.07, 6.45) is 2.62. The van der Waals surface area contributed by atoms with Crippen LogP contribution in [-0.2, 0) is 0 Å². The number of aliphatic imine (C=N–C) groups is 1. The highest BCUT2D eigenvalue weighted by Crippen LogP contribution is 2.27. The number of hydrogen-bond acceptors (Lipinski definition) is 4. The molecule has 0 aliphatic rings. The zero-order chi connectivity index (χ0) is 18.2. The van der Waals surface area contributed by atoms with E-state index in [1.165, 1.54) is 0 Å². The van der Waals surface area contributed by atoms with Gasteiger partial charge in [-0.05, 0) is 44.3 Å². The minimum absolute atomic E-state index is 0.0688. The Bertz CT molecular complexity index is 717. The third-order valence-electron chi connectivity index (χ3n) is 3.87. The van der Waals surface area contributed by atoms with Gasteiger partial charge >= 0.3 is 0 Å². The van der Waals surface area contributed by atoms with E-state index in [1.807, 2.05) is 57.4 Å². The average Bonchev–Trinajstić information content (AvgIpc) is 2.59. The number of nitrogens with zero attached hydrogens (tertiary/aromatic N) is 2. The van der Waals surface area contributed by atoms with E-state index in [-0.39, 0.29) is 11.8 Å². The minimum Gasteiger partial charge on any atom is -0.507 e. The molecule has 134 valence electrons. The summed E-state index contributed by atoms with van der Waals surface area (Å²) in [5.74, 6) is 0.829. The van der Waals surface area contributed by atoms with Gasteiger partial charge in [-0.25, -0.2) is 0 Å². The van der Waals surface area contributed by atoms with Crippen LogP contribution >= 0.6 is 11.6 Å². The standard InChI is InChI=1S/C20H25ClN2O2/c1-4-11-25-16-10-9-15(20(24)12-16)13-22-14-19(23(2)3)17-7-5-6-8-18(17)21/h5-10,12-13,19,24H,4,11,14H2,1-3H3/t19-/m1/s1. The molecule has 0 unspecified atom stereocenters. The van der Waals surface area contributed by atoms with Gasteiger partial charge in [0.05, 0.1) is 19.2 Å². The Kier molecular flexibility index (Phi) is 7.29. The molecule has 1 N–H and O–H groups in total. The second-order valence-electron chi connectivity index (χ2n) is 6.06. The third kappa shape index (κ3) is 5.48. The van der Waals surface area contributed by atoms with Crippen molar-refractivity contribution in [2.75, 3.05) is 27.2 Å². The van der Waals surface area contributed by atoms with Crippen LogP contribution < -0.4 is 4.74 Å². The molecule has 0 saturated carbocycles. The van der Waals surface area contributed by atoms with E-state index < -0.39 is 0 Å². The summed E-state index contributed by atoms with van der Waals surface area (Å²) in [7, 11) is 4.00. The van der Waals surface area contributed by atoms with Crippen LogP contribution in [0.3, 0.4) is 0 Å². The Labute approximate surface area is 154 Å². The lowest BCUT2D eigenvalue weighted by Gasteiger charge is -2.24. The largest absolute Gasteiger partial charge is 0.507 e. The molecule has 0 bridgehead atoms. The van der Waals surface area contributed by atoms with Crippen LogP contribution in [0.15, 0.2) is 47.5 Å². The number of likely N-dealkylation sites (N-methyl/N-ethyl adjacent to an activating group) is 1. The molecule has 1 atom stereocenters. The zero-order valence-electron chi connectivity index (χ0n) is 14.9. The van der Waals surface area contributed by atoms with Crippen LogP contribution in [0.5, 0.6) is 11.5 Å². The molecule has 4 nitrogen and oxygen atoms in total. The monoisotopic (exact) mass is 360 g/mol. The van der Waals surface area contributed by atoms with E-state index in [2.05, 4.69) is 9.89 Å². The summed E-state index contributed by atoms with van der Waals surface area (Å²) in [5.41, 5.74) is 1.71. The van der Waals surface area contributed by atoms with Crippen molar-refractivity contribution >= 4 is 17.8 Å². The molecule has 0 aliphatic carbocycles. The Morgan fingerprint density at radius 3 is 2.64 bits per heavy atom. The highest BCUT2D eigenvalue weighted by atomic mass is 35.5. The number of phenols is 1. The second-order valence-corrected chi connectivity index (χ2v) is 6.47. The predicted octanol–water partition coefficient (Wildman–Crippen LogP) is 4.56. The zero-order valence-corrected chi connectivity index (χ0v) is 15.7. The summed E-state index contributed by atoms with van der Waals surface area (Å²) < 4.78 is 5.51. The van der Waals surface area contributed by atoms with Crippen LogP contribution in [-0.4, -0.2) is 43.5 Å². The van der Waals surface area contributed by atoms with Gasteiger partial charge in [-0.15, -0.1) is 0 Å². The first-order valence-corrected chi connectivity index (χ1v) is 8.77. The fourth-order valence-electron chi connectivity index (χ4n) is 2.48. The molecule has 0 radical (unpaired) electrons. The number of phenolic OH excluding ortho intramolecular Hbond substituents is 1. The molecule has 0 saturated heterocycles. The van der Waals surface area contributed by atoms with Crippen molar-refractivity contribution in [3.05, 3.63) is 58.6 Å². The highest BCUT2D eigenvalue weighted by Gasteiger charge is 2.16. The quantitative estimate of drug-likeness (QED) is 0.702. The minimum atomic E-state index is 0.0688. The molecule has 2 aromatic rings. The lowest BCUT2D eigenvalue weighted by molar-refractivity contribution is 0.307. The number of aromatic hydroxyl groups is 1. The summed E-state index contributed by atoms with van der Waals surface area (Å²) in [4.78, 5) is 6.59. The van der Waals surface area contributed by atoms with E-state index in [1.54, 1.807) is 12.3 Å². The van der Waals surface area contributed by atoms with Crippen molar-refractivity contribution in [1.82, 2.24) is 4.90 Å². The molecule has 0 aromatic heterocycles. The number of ether oxygens (including phenoxy) is 1. The van der Waals surface area contributed by atoms with Gasteiger partial charge in [0.2, 0.25) is 0 Å². The summed E-state index contributed by atoms with van der Waals surface area (Å²) in [5, 5.41) is 10.9. The van der Waals surface area contributed by atoms with E-state index in [4.69, 9.17) is 16.3 Å². The topological polar surface area (TPSA) is 45.1 Å². The smallest absolute Gasteiger partial charge is 0.128 e. The van der Waals surface area contributed by atoms with Crippen LogP contribution in [0.4, 0.5) is 0 Å². The van der Waals surface area contributed by atoms with Crippen LogP contribution in [0.2, 0.25) is 5.02 Å². The van der Waals surface area contributed by atoms with Crippen molar-refractivity contribution in [2.24, 2.45) is 4.99 Å². The SMILES string of the molecule is CCCOc1ccc(C=NC[C@H](c2ccccc2Cl)N(C)C)c(O)c1. The van der Waals surface area contributed by atoms with Gasteiger partial charge in [0.25, 0.3) is 0 Å². The number of rotatable bonds is 8. The van der Waals surface area contributed by atoms with Gasteiger partial charge in [-0.2, -0.15) is 0 Å². The van der Waals surface area contributed by atoms with Crippen molar-refractivity contribution in [3.8, 4) is 11.5 Å². The van der Waals surface area contributed by atoms with Crippen LogP contribution in [0.25, 0.3) is 0 Å². The molecular formula is C20H25ClN2O2. The Morgan fingerprint density at radius 1 is 1.24 bits per heavy atom. The van der Waals surface area contributed by atoms with Crippen molar-refractivity contribution in [2.45, 2.75) is 19.4 Å². The second kappa shape index (κ2) is 9.44. The fraction of sp³-hybridized carbons (Fsp3) is 0.350. The van der Waals surface area contributed by atoms with Crippen LogP contribution in [0.1, 0.15) is 30.5 Å². The van der Waals surface area contributed by atoms with Gasteiger partial charge in [0, 0.05) is 22.9 Å². The molecule has 0 heterocycles.